The van der Waals surface area contributed by atoms with Crippen LogP contribution in [0, 0.1) is 6.92 Å². The highest BCUT2D eigenvalue weighted by Gasteiger charge is 2.17. The third kappa shape index (κ3) is 4.54. The van der Waals surface area contributed by atoms with Crippen LogP contribution in [0.25, 0.3) is 0 Å². The number of morpholine rings is 1. The van der Waals surface area contributed by atoms with Gasteiger partial charge in [0, 0.05) is 37.5 Å². The van der Waals surface area contributed by atoms with Crippen LogP contribution >= 0.6 is 0 Å². The first kappa shape index (κ1) is 17.8. The Morgan fingerprint density at radius 1 is 1.08 bits per heavy atom. The molecular formula is C18H21N5O3. The van der Waals surface area contributed by atoms with Crippen molar-refractivity contribution in [2.45, 2.75) is 13.8 Å². The van der Waals surface area contributed by atoms with Gasteiger partial charge in [0.25, 0.3) is 5.91 Å². The molecule has 8 heteroatoms. The maximum absolute atomic E-state index is 12.6. The number of nitrogens with one attached hydrogen (secondary N) is 2. The molecule has 1 aromatic heterocycles. The highest BCUT2D eigenvalue weighted by Crippen LogP contribution is 2.18. The summed E-state index contributed by atoms with van der Waals surface area (Å²) in [6, 6.07) is 8.63. The van der Waals surface area contributed by atoms with Crippen LogP contribution in [-0.2, 0) is 9.53 Å². The van der Waals surface area contributed by atoms with Crippen molar-refractivity contribution in [3.8, 4) is 0 Å². The number of aromatic nitrogens is 2. The molecule has 0 spiro atoms. The van der Waals surface area contributed by atoms with E-state index >= 15 is 0 Å². The van der Waals surface area contributed by atoms with Crippen molar-refractivity contribution in [1.82, 2.24) is 9.97 Å². The number of rotatable bonds is 4. The molecule has 26 heavy (non-hydrogen) atoms. The summed E-state index contributed by atoms with van der Waals surface area (Å²) in [6.07, 6.45) is 0. The lowest BCUT2D eigenvalue weighted by Crippen LogP contribution is -2.37. The highest BCUT2D eigenvalue weighted by atomic mass is 16.5. The molecule has 2 amide bonds. The Morgan fingerprint density at radius 2 is 1.77 bits per heavy atom. The van der Waals surface area contributed by atoms with E-state index in [1.807, 2.05) is 0 Å². The van der Waals surface area contributed by atoms with Crippen molar-refractivity contribution in [2.24, 2.45) is 0 Å². The number of aryl methyl sites for hydroxylation is 1. The fraction of sp³-hybridized carbons (Fsp3) is 0.333. The van der Waals surface area contributed by atoms with E-state index in [1.54, 1.807) is 37.3 Å². The quantitative estimate of drug-likeness (QED) is 0.869. The Bertz CT molecular complexity index is 818. The zero-order chi connectivity index (χ0) is 18.5. The summed E-state index contributed by atoms with van der Waals surface area (Å²) in [6.45, 7) is 5.94. The van der Waals surface area contributed by atoms with Gasteiger partial charge in [0.2, 0.25) is 5.91 Å². The average Bonchev–Trinajstić information content (AvgIpc) is 2.61. The molecule has 1 saturated heterocycles. The molecule has 0 radical (unpaired) electrons. The lowest BCUT2D eigenvalue weighted by molar-refractivity contribution is -0.114. The Hall–Kier alpha value is -3.00. The third-order valence-corrected chi connectivity index (χ3v) is 3.83. The maximum Gasteiger partial charge on any atom is 0.274 e. The van der Waals surface area contributed by atoms with Gasteiger partial charge in [-0.15, -0.1) is 0 Å². The maximum atomic E-state index is 12.6. The average molecular weight is 355 g/mol. The van der Waals surface area contributed by atoms with Crippen LogP contribution in [0.3, 0.4) is 0 Å². The van der Waals surface area contributed by atoms with Crippen LogP contribution in [0.5, 0.6) is 0 Å². The fourth-order valence-electron chi connectivity index (χ4n) is 2.70. The van der Waals surface area contributed by atoms with Gasteiger partial charge in [-0.3, -0.25) is 9.59 Å². The molecule has 1 fully saturated rings. The highest BCUT2D eigenvalue weighted by molar-refractivity contribution is 6.03. The smallest absolute Gasteiger partial charge is 0.274 e. The molecular weight excluding hydrogens is 334 g/mol. The zero-order valence-corrected chi connectivity index (χ0v) is 14.8. The van der Waals surface area contributed by atoms with Gasteiger partial charge in [-0.05, 0) is 25.1 Å². The van der Waals surface area contributed by atoms with Crippen LogP contribution in [0.4, 0.5) is 17.2 Å². The van der Waals surface area contributed by atoms with Gasteiger partial charge in [0.15, 0.2) is 0 Å². The summed E-state index contributed by atoms with van der Waals surface area (Å²) in [7, 11) is 0. The molecule has 0 unspecified atom stereocenters. The number of anilines is 3. The third-order valence-electron chi connectivity index (χ3n) is 3.83. The molecule has 1 aromatic carbocycles. The minimum absolute atomic E-state index is 0.171. The van der Waals surface area contributed by atoms with E-state index < -0.39 is 0 Å². The molecule has 0 bridgehead atoms. The van der Waals surface area contributed by atoms with Crippen molar-refractivity contribution < 1.29 is 14.3 Å². The van der Waals surface area contributed by atoms with E-state index in [2.05, 4.69) is 25.5 Å². The van der Waals surface area contributed by atoms with Gasteiger partial charge >= 0.3 is 0 Å². The summed E-state index contributed by atoms with van der Waals surface area (Å²) in [5, 5.41) is 5.49. The normalized spacial score (nSPS) is 14.0. The van der Waals surface area contributed by atoms with Crippen LogP contribution < -0.4 is 15.5 Å². The van der Waals surface area contributed by atoms with Gasteiger partial charge in [-0.25, -0.2) is 9.97 Å². The molecule has 0 atom stereocenters. The molecule has 2 aromatic rings. The predicted octanol–water partition coefficient (Wildman–Crippen LogP) is 1.83. The topological polar surface area (TPSA) is 96.5 Å². The SMILES string of the molecule is CC(=O)Nc1cccc(NC(=O)c2cc(N3CCOCC3)nc(C)n2)c1. The van der Waals surface area contributed by atoms with E-state index in [0.717, 1.165) is 18.9 Å². The standard InChI is InChI=1S/C18H21N5O3/c1-12-19-16(11-17(20-12)23-6-8-26-9-7-23)18(25)22-15-5-3-4-14(10-15)21-13(2)24/h3-5,10-11H,6-9H2,1-2H3,(H,21,24)(H,22,25). The zero-order valence-electron chi connectivity index (χ0n) is 14.8. The number of benzene rings is 1. The van der Waals surface area contributed by atoms with Crippen molar-refractivity contribution in [1.29, 1.82) is 0 Å². The molecule has 3 rings (SSSR count). The second-order valence-corrected chi connectivity index (χ2v) is 5.97. The molecule has 0 aliphatic carbocycles. The molecule has 2 heterocycles. The lowest BCUT2D eigenvalue weighted by atomic mass is 10.2. The van der Waals surface area contributed by atoms with Gasteiger partial charge in [0.05, 0.1) is 13.2 Å². The Morgan fingerprint density at radius 3 is 2.46 bits per heavy atom. The number of hydrogen-bond acceptors (Lipinski definition) is 6. The second kappa shape index (κ2) is 7.92. The number of nitrogens with zero attached hydrogens (tertiary/aromatic N) is 3. The number of amides is 2. The molecule has 1 aliphatic heterocycles. The fourth-order valence-corrected chi connectivity index (χ4v) is 2.70. The van der Waals surface area contributed by atoms with Crippen molar-refractivity contribution in [3.63, 3.8) is 0 Å². The minimum atomic E-state index is -0.329. The Labute approximate surface area is 151 Å². The number of ether oxygens (including phenoxy) is 1. The predicted molar refractivity (Wildman–Crippen MR) is 98.5 cm³/mol. The Balaban J connectivity index is 1.77. The van der Waals surface area contributed by atoms with Crippen LogP contribution in [0.1, 0.15) is 23.2 Å². The summed E-state index contributed by atoms with van der Waals surface area (Å²) in [4.78, 5) is 34.5. The lowest BCUT2D eigenvalue weighted by Gasteiger charge is -2.28. The van der Waals surface area contributed by atoms with Crippen molar-refractivity contribution in [3.05, 3.63) is 41.9 Å². The molecule has 8 nitrogen and oxygen atoms in total. The van der Waals surface area contributed by atoms with Crippen LogP contribution in [0.15, 0.2) is 30.3 Å². The largest absolute Gasteiger partial charge is 0.378 e. The van der Waals surface area contributed by atoms with E-state index in [9.17, 15) is 9.59 Å². The van der Waals surface area contributed by atoms with Gasteiger partial charge < -0.3 is 20.3 Å². The van der Waals surface area contributed by atoms with Gasteiger partial charge in [-0.1, -0.05) is 6.07 Å². The summed E-state index contributed by atoms with van der Waals surface area (Å²) < 4.78 is 5.35. The monoisotopic (exact) mass is 355 g/mol. The second-order valence-electron chi connectivity index (χ2n) is 5.97. The first-order chi connectivity index (χ1) is 12.5. The first-order valence-electron chi connectivity index (χ1n) is 8.38. The Kier molecular flexibility index (Phi) is 5.43. The van der Waals surface area contributed by atoms with E-state index in [4.69, 9.17) is 4.74 Å². The van der Waals surface area contributed by atoms with Crippen LogP contribution in [-0.4, -0.2) is 48.1 Å². The minimum Gasteiger partial charge on any atom is -0.378 e. The van der Waals surface area contributed by atoms with Gasteiger partial charge in [-0.2, -0.15) is 0 Å². The summed E-state index contributed by atoms with van der Waals surface area (Å²) in [5.74, 6) is 0.754. The number of carbonyl (C=O) groups is 2. The molecule has 1 aliphatic rings. The van der Waals surface area contributed by atoms with Crippen molar-refractivity contribution in [2.75, 3.05) is 41.8 Å². The first-order valence-corrected chi connectivity index (χ1v) is 8.38. The van der Waals surface area contributed by atoms with Crippen LogP contribution in [0.2, 0.25) is 0 Å². The summed E-state index contributed by atoms with van der Waals surface area (Å²) >= 11 is 0. The van der Waals surface area contributed by atoms with Gasteiger partial charge in [0.1, 0.15) is 17.3 Å². The summed E-state index contributed by atoms with van der Waals surface area (Å²) in [5.41, 5.74) is 1.48. The van der Waals surface area contributed by atoms with E-state index in [0.29, 0.717) is 36.1 Å². The molecule has 2 N–H and O–H groups in total. The van der Waals surface area contributed by atoms with E-state index in [-0.39, 0.29) is 11.8 Å². The molecule has 136 valence electrons. The van der Waals surface area contributed by atoms with Crippen molar-refractivity contribution >= 4 is 29.0 Å². The number of hydrogen-bond donors (Lipinski definition) is 2. The van der Waals surface area contributed by atoms with E-state index in [1.165, 1.54) is 6.92 Å². The number of carbonyl (C=O) groups excluding carboxylic acids is 2. The molecule has 0 saturated carbocycles.